The van der Waals surface area contributed by atoms with Gasteiger partial charge in [-0.1, -0.05) is 40.2 Å². The van der Waals surface area contributed by atoms with Gasteiger partial charge in [0.2, 0.25) is 5.91 Å². The molecule has 0 fully saturated rings. The molecule has 6 nitrogen and oxygen atoms in total. The summed E-state index contributed by atoms with van der Waals surface area (Å²) in [6, 6.07) is 12.9. The Kier molecular flexibility index (Phi) is 8.21. The highest BCUT2D eigenvalue weighted by Crippen LogP contribution is 2.27. The molecule has 0 saturated carbocycles. The topological polar surface area (TPSA) is 79.5 Å². The third-order valence-electron chi connectivity index (χ3n) is 3.43. The number of carbonyl (C=O) groups is 2. The number of carbonyl (C=O) groups excluding carboxylic acids is 2. The van der Waals surface area contributed by atoms with E-state index in [1.807, 2.05) is 37.3 Å². The Labute approximate surface area is 179 Å². The van der Waals surface area contributed by atoms with E-state index >= 15 is 0 Å². The van der Waals surface area contributed by atoms with Crippen LogP contribution in [-0.2, 0) is 16.0 Å². The number of hydrazine groups is 1. The van der Waals surface area contributed by atoms with E-state index in [9.17, 15) is 9.59 Å². The summed E-state index contributed by atoms with van der Waals surface area (Å²) in [6.07, 6.45) is 0.198. The molecule has 2 aromatic carbocycles. The maximum absolute atomic E-state index is 12.0. The van der Waals surface area contributed by atoms with E-state index in [0.29, 0.717) is 5.75 Å². The van der Waals surface area contributed by atoms with Crippen LogP contribution in [0, 0.1) is 6.92 Å². The van der Waals surface area contributed by atoms with Crippen molar-refractivity contribution in [1.29, 1.82) is 0 Å². The van der Waals surface area contributed by atoms with Crippen LogP contribution in [0.15, 0.2) is 51.4 Å². The quantitative estimate of drug-likeness (QED) is 0.422. The predicted octanol–water partition coefficient (Wildman–Crippen LogP) is 3.16. The van der Waals surface area contributed by atoms with Gasteiger partial charge in [0.1, 0.15) is 5.75 Å². The molecule has 2 rings (SSSR count). The Balaban J connectivity index is 1.72. The number of rotatable bonds is 5. The number of ether oxygens (including phenoxy) is 1. The third-order valence-corrected chi connectivity index (χ3v) is 4.75. The van der Waals surface area contributed by atoms with E-state index in [1.165, 1.54) is 0 Å². The van der Waals surface area contributed by atoms with E-state index in [0.717, 1.165) is 20.1 Å². The largest absolute Gasteiger partial charge is 0.483 e. The summed E-state index contributed by atoms with van der Waals surface area (Å²) in [5, 5.41) is 2.52. The van der Waals surface area contributed by atoms with Gasteiger partial charge in [0, 0.05) is 4.47 Å². The van der Waals surface area contributed by atoms with Crippen LogP contribution < -0.4 is 20.9 Å². The van der Waals surface area contributed by atoms with Gasteiger partial charge in [-0.05, 0) is 64.4 Å². The first-order chi connectivity index (χ1) is 12.8. The number of nitrogens with one attached hydrogen (secondary N) is 3. The average Bonchev–Trinajstić information content (AvgIpc) is 2.61. The zero-order chi connectivity index (χ0) is 19.8. The second kappa shape index (κ2) is 10.4. The molecular weight excluding hydrogens is 498 g/mol. The molecule has 9 heteroatoms. The summed E-state index contributed by atoms with van der Waals surface area (Å²) in [4.78, 5) is 23.8. The van der Waals surface area contributed by atoms with Crippen molar-refractivity contribution in [2.24, 2.45) is 0 Å². The second-order valence-corrected chi connectivity index (χ2v) is 7.70. The molecule has 3 N–H and O–H groups in total. The standard InChI is InChI=1S/C18H17Br2N3O3S/c1-11-4-2-3-5-12(11)8-16(24)21-18(27)23-22-17(25)10-26-15-7-6-13(19)9-14(15)20/h2-7,9H,8,10H2,1H3,(H,22,25)(H2,21,23,24,27). The Bertz CT molecular complexity index is 861. The molecule has 0 bridgehead atoms. The van der Waals surface area contributed by atoms with Crippen LogP contribution in [0.5, 0.6) is 5.75 Å². The van der Waals surface area contributed by atoms with Crippen LogP contribution >= 0.6 is 44.1 Å². The molecule has 2 amide bonds. The van der Waals surface area contributed by atoms with E-state index in [4.69, 9.17) is 17.0 Å². The summed E-state index contributed by atoms with van der Waals surface area (Å²) < 4.78 is 7.02. The normalized spacial score (nSPS) is 10.0. The smallest absolute Gasteiger partial charge is 0.276 e. The van der Waals surface area contributed by atoms with Crippen molar-refractivity contribution < 1.29 is 14.3 Å². The van der Waals surface area contributed by atoms with Crippen LogP contribution in [-0.4, -0.2) is 23.5 Å². The number of halogens is 2. The van der Waals surface area contributed by atoms with Gasteiger partial charge < -0.3 is 10.1 Å². The SMILES string of the molecule is Cc1ccccc1CC(=O)NC(=S)NNC(=O)COc1ccc(Br)cc1Br. The fraction of sp³-hybridized carbons (Fsp3) is 0.167. The van der Waals surface area contributed by atoms with Crippen molar-refractivity contribution >= 4 is 61.0 Å². The van der Waals surface area contributed by atoms with Gasteiger partial charge in [-0.25, -0.2) is 0 Å². The summed E-state index contributed by atoms with van der Waals surface area (Å²) in [5.74, 6) is -0.186. The summed E-state index contributed by atoms with van der Waals surface area (Å²) >= 11 is 11.7. The molecule has 0 saturated heterocycles. The van der Waals surface area contributed by atoms with E-state index in [2.05, 4.69) is 48.0 Å². The lowest BCUT2D eigenvalue weighted by Crippen LogP contribution is -2.50. The van der Waals surface area contributed by atoms with Crippen LogP contribution in [0.4, 0.5) is 0 Å². The van der Waals surface area contributed by atoms with Gasteiger partial charge in [-0.2, -0.15) is 0 Å². The van der Waals surface area contributed by atoms with Crippen LogP contribution in [0.2, 0.25) is 0 Å². The van der Waals surface area contributed by atoms with Gasteiger partial charge in [0.25, 0.3) is 5.91 Å². The van der Waals surface area contributed by atoms with Gasteiger partial charge in [-0.15, -0.1) is 0 Å². The highest BCUT2D eigenvalue weighted by Gasteiger charge is 2.09. The number of thiocarbonyl (C=S) groups is 1. The highest BCUT2D eigenvalue weighted by molar-refractivity contribution is 9.11. The predicted molar refractivity (Wildman–Crippen MR) is 114 cm³/mol. The van der Waals surface area contributed by atoms with Crippen LogP contribution in [0.25, 0.3) is 0 Å². The van der Waals surface area contributed by atoms with Crippen molar-refractivity contribution in [3.05, 3.63) is 62.5 Å². The number of benzene rings is 2. The third kappa shape index (κ3) is 7.28. The first-order valence-corrected chi connectivity index (χ1v) is 9.85. The maximum Gasteiger partial charge on any atom is 0.276 e. The molecule has 0 unspecified atom stereocenters. The highest BCUT2D eigenvalue weighted by atomic mass is 79.9. The Morgan fingerprint density at radius 2 is 1.81 bits per heavy atom. The molecule has 0 heterocycles. The van der Waals surface area contributed by atoms with E-state index in [-0.39, 0.29) is 24.0 Å². The summed E-state index contributed by atoms with van der Waals surface area (Å²) in [7, 11) is 0. The zero-order valence-corrected chi connectivity index (χ0v) is 18.3. The molecule has 2 aromatic rings. The minimum Gasteiger partial charge on any atom is -0.483 e. The van der Waals surface area contributed by atoms with Gasteiger partial charge in [-0.3, -0.25) is 20.4 Å². The van der Waals surface area contributed by atoms with Gasteiger partial charge in [0.15, 0.2) is 11.7 Å². The van der Waals surface area contributed by atoms with Crippen molar-refractivity contribution in [2.45, 2.75) is 13.3 Å². The first-order valence-electron chi connectivity index (χ1n) is 7.86. The molecule has 0 atom stereocenters. The first kappa shape index (κ1) is 21.3. The molecule has 27 heavy (non-hydrogen) atoms. The van der Waals surface area contributed by atoms with Crippen molar-refractivity contribution in [1.82, 2.24) is 16.2 Å². The van der Waals surface area contributed by atoms with E-state index in [1.54, 1.807) is 12.1 Å². The number of amides is 2. The molecule has 142 valence electrons. The lowest BCUT2D eigenvalue weighted by Gasteiger charge is -2.12. The Hall–Kier alpha value is -1.97. The molecule has 0 radical (unpaired) electrons. The lowest BCUT2D eigenvalue weighted by molar-refractivity contribution is -0.124. The van der Waals surface area contributed by atoms with E-state index < -0.39 is 5.91 Å². The number of hydrogen-bond acceptors (Lipinski definition) is 4. The van der Waals surface area contributed by atoms with Crippen molar-refractivity contribution in [3.63, 3.8) is 0 Å². The number of hydrogen-bond donors (Lipinski definition) is 3. The second-order valence-electron chi connectivity index (χ2n) is 5.52. The molecule has 0 aliphatic heterocycles. The van der Waals surface area contributed by atoms with Crippen molar-refractivity contribution in [2.75, 3.05) is 6.61 Å². The monoisotopic (exact) mass is 513 g/mol. The molecule has 0 aliphatic carbocycles. The summed E-state index contributed by atoms with van der Waals surface area (Å²) in [6.45, 7) is 1.72. The molecule has 0 aromatic heterocycles. The van der Waals surface area contributed by atoms with Crippen LogP contribution in [0.3, 0.4) is 0 Å². The van der Waals surface area contributed by atoms with Gasteiger partial charge in [0.05, 0.1) is 10.9 Å². The summed E-state index contributed by atoms with van der Waals surface area (Å²) in [5.41, 5.74) is 6.78. The number of aryl methyl sites for hydroxylation is 1. The maximum atomic E-state index is 12.0. The fourth-order valence-corrected chi connectivity index (χ4v) is 3.41. The van der Waals surface area contributed by atoms with Crippen LogP contribution in [0.1, 0.15) is 11.1 Å². The Morgan fingerprint density at radius 1 is 1.07 bits per heavy atom. The average molecular weight is 515 g/mol. The van der Waals surface area contributed by atoms with Crippen molar-refractivity contribution in [3.8, 4) is 5.75 Å². The zero-order valence-electron chi connectivity index (χ0n) is 14.3. The van der Waals surface area contributed by atoms with Gasteiger partial charge >= 0.3 is 0 Å². The fourth-order valence-electron chi connectivity index (χ4n) is 2.08. The lowest BCUT2D eigenvalue weighted by atomic mass is 10.1. The molecule has 0 spiro atoms. The minimum atomic E-state index is -0.444. The Morgan fingerprint density at radius 3 is 2.52 bits per heavy atom. The molecule has 0 aliphatic rings. The molecular formula is C18H17Br2N3O3S. The minimum absolute atomic E-state index is 0.00626.